The molecule has 0 bridgehead atoms. The quantitative estimate of drug-likeness (QED) is 0.290. The van der Waals surface area contributed by atoms with Crippen LogP contribution in [-0.4, -0.2) is 12.5 Å². The van der Waals surface area contributed by atoms with Crippen LogP contribution in [0, 0.1) is 0 Å². The van der Waals surface area contributed by atoms with Crippen molar-refractivity contribution in [1.82, 2.24) is 0 Å². The van der Waals surface area contributed by atoms with Crippen LogP contribution in [-0.2, 0) is 17.6 Å². The Bertz CT molecular complexity index is 1200. The Balaban J connectivity index is 1.77. The first kappa shape index (κ1) is 25.6. The third-order valence-corrected chi connectivity index (χ3v) is 5.54. The van der Waals surface area contributed by atoms with E-state index in [1.807, 2.05) is 25.1 Å². The number of para-hydroxylation sites is 1. The summed E-state index contributed by atoms with van der Waals surface area (Å²) in [6, 6.07) is 15.5. The summed E-state index contributed by atoms with van der Waals surface area (Å²) < 4.78 is 51.6. The largest absolute Gasteiger partial charge is 0.490 e. The smallest absolute Gasteiger partial charge is 0.418 e. The molecule has 3 rings (SSSR count). The Morgan fingerprint density at radius 1 is 1.09 bits per heavy atom. The molecule has 0 aromatic heterocycles. The van der Waals surface area contributed by atoms with E-state index in [4.69, 9.17) is 21.1 Å². The molecule has 0 saturated carbocycles. The maximum Gasteiger partial charge on any atom is 0.418 e. The van der Waals surface area contributed by atoms with Crippen molar-refractivity contribution in [3.05, 3.63) is 92.9 Å². The summed E-state index contributed by atoms with van der Waals surface area (Å²) in [6.45, 7) is 2.41. The second kappa shape index (κ2) is 11.4. The molecule has 0 aliphatic heterocycles. The van der Waals surface area contributed by atoms with Gasteiger partial charge in [0.15, 0.2) is 11.5 Å². The standard InChI is InChI=1S/C25H20BrClF3NO3/c1-2-33-22-14-16(13-19(26)24(22)34-15-17-7-3-5-9-20(17)27)11-12-23(32)31-21-10-6-4-8-18(21)25(28,29)30/h3-14H,2,15H2,1H3,(H,31,32)/b12-11+. The van der Waals surface area contributed by atoms with Gasteiger partial charge in [0.05, 0.1) is 22.3 Å². The topological polar surface area (TPSA) is 47.6 Å². The predicted molar refractivity (Wildman–Crippen MR) is 130 cm³/mol. The van der Waals surface area contributed by atoms with Crippen LogP contribution in [0.3, 0.4) is 0 Å². The van der Waals surface area contributed by atoms with E-state index in [1.54, 1.807) is 18.2 Å². The zero-order valence-electron chi connectivity index (χ0n) is 18.0. The lowest BCUT2D eigenvalue weighted by atomic mass is 10.1. The Hall–Kier alpha value is -2.97. The zero-order chi connectivity index (χ0) is 24.7. The third kappa shape index (κ3) is 6.77. The molecular formula is C25H20BrClF3NO3. The van der Waals surface area contributed by atoms with Gasteiger partial charge in [-0.2, -0.15) is 13.2 Å². The van der Waals surface area contributed by atoms with Crippen LogP contribution in [0.1, 0.15) is 23.6 Å². The van der Waals surface area contributed by atoms with Crippen molar-refractivity contribution in [3.8, 4) is 11.5 Å². The van der Waals surface area contributed by atoms with Crippen LogP contribution >= 0.6 is 27.5 Å². The minimum Gasteiger partial charge on any atom is -0.490 e. The molecule has 0 fully saturated rings. The number of alkyl halides is 3. The molecule has 0 atom stereocenters. The molecule has 9 heteroatoms. The molecule has 3 aromatic rings. The monoisotopic (exact) mass is 553 g/mol. The summed E-state index contributed by atoms with van der Waals surface area (Å²) in [5, 5.41) is 2.85. The van der Waals surface area contributed by atoms with Crippen molar-refractivity contribution in [1.29, 1.82) is 0 Å². The molecule has 0 unspecified atom stereocenters. The molecule has 34 heavy (non-hydrogen) atoms. The number of halogens is 5. The fourth-order valence-electron chi connectivity index (χ4n) is 3.04. The molecule has 4 nitrogen and oxygen atoms in total. The molecule has 178 valence electrons. The molecule has 0 saturated heterocycles. The summed E-state index contributed by atoms with van der Waals surface area (Å²) in [5.41, 5.74) is 0.153. The summed E-state index contributed by atoms with van der Waals surface area (Å²) in [7, 11) is 0. The van der Waals surface area contributed by atoms with Crippen LogP contribution in [0.2, 0.25) is 5.02 Å². The normalized spacial score (nSPS) is 11.5. The predicted octanol–water partition coefficient (Wildman–Crippen LogP) is 7.75. The van der Waals surface area contributed by atoms with Gasteiger partial charge >= 0.3 is 6.18 Å². The number of hydrogen-bond acceptors (Lipinski definition) is 3. The van der Waals surface area contributed by atoms with Gasteiger partial charge in [-0.3, -0.25) is 4.79 Å². The maximum atomic E-state index is 13.1. The van der Waals surface area contributed by atoms with Crippen LogP contribution in [0.5, 0.6) is 11.5 Å². The second-order valence-electron chi connectivity index (χ2n) is 7.01. The highest BCUT2D eigenvalue weighted by Crippen LogP contribution is 2.38. The van der Waals surface area contributed by atoms with E-state index in [9.17, 15) is 18.0 Å². The molecule has 0 radical (unpaired) electrons. The number of benzene rings is 3. The first-order chi connectivity index (χ1) is 16.2. The fraction of sp³-hybridized carbons (Fsp3) is 0.160. The number of ether oxygens (including phenoxy) is 2. The van der Waals surface area contributed by atoms with Crippen LogP contribution < -0.4 is 14.8 Å². The zero-order valence-corrected chi connectivity index (χ0v) is 20.3. The fourth-order valence-corrected chi connectivity index (χ4v) is 3.80. The van der Waals surface area contributed by atoms with Crippen molar-refractivity contribution < 1.29 is 27.4 Å². The van der Waals surface area contributed by atoms with Crippen molar-refractivity contribution in [2.24, 2.45) is 0 Å². The van der Waals surface area contributed by atoms with Gasteiger partial charge in [-0.05, 0) is 64.8 Å². The van der Waals surface area contributed by atoms with E-state index < -0.39 is 17.6 Å². The molecule has 1 N–H and O–H groups in total. The first-order valence-electron chi connectivity index (χ1n) is 10.2. The lowest BCUT2D eigenvalue weighted by molar-refractivity contribution is -0.136. The minimum absolute atomic E-state index is 0.217. The molecule has 0 heterocycles. The summed E-state index contributed by atoms with van der Waals surface area (Å²) in [6.07, 6.45) is -1.96. The van der Waals surface area contributed by atoms with Gasteiger partial charge in [-0.25, -0.2) is 0 Å². The van der Waals surface area contributed by atoms with Crippen molar-refractivity contribution >= 4 is 45.2 Å². The Morgan fingerprint density at radius 3 is 2.50 bits per heavy atom. The van der Waals surface area contributed by atoms with Gasteiger partial charge in [-0.1, -0.05) is 41.9 Å². The van der Waals surface area contributed by atoms with E-state index in [2.05, 4.69) is 21.2 Å². The number of carbonyl (C=O) groups excluding carboxylic acids is 1. The maximum absolute atomic E-state index is 13.1. The highest BCUT2D eigenvalue weighted by molar-refractivity contribution is 9.10. The summed E-state index contributed by atoms with van der Waals surface area (Å²) in [4.78, 5) is 12.3. The Morgan fingerprint density at radius 2 is 1.79 bits per heavy atom. The molecule has 0 aliphatic carbocycles. The summed E-state index contributed by atoms with van der Waals surface area (Å²) >= 11 is 9.64. The summed E-state index contributed by atoms with van der Waals surface area (Å²) in [5.74, 6) is 0.193. The molecule has 1 amide bonds. The van der Waals surface area contributed by atoms with Crippen LogP contribution in [0.15, 0.2) is 71.2 Å². The van der Waals surface area contributed by atoms with Crippen LogP contribution in [0.25, 0.3) is 6.08 Å². The molecular weight excluding hydrogens is 535 g/mol. The molecule has 0 aliphatic rings. The first-order valence-corrected chi connectivity index (χ1v) is 11.3. The van der Waals surface area contributed by atoms with Gasteiger partial charge in [-0.15, -0.1) is 0 Å². The number of nitrogens with one attached hydrogen (secondary N) is 1. The van der Waals surface area contributed by atoms with Gasteiger partial charge in [0.1, 0.15) is 6.61 Å². The number of carbonyl (C=O) groups is 1. The molecule has 3 aromatic carbocycles. The van der Waals surface area contributed by atoms with Crippen molar-refractivity contribution in [2.45, 2.75) is 19.7 Å². The Kier molecular flexibility index (Phi) is 8.63. The van der Waals surface area contributed by atoms with E-state index in [0.717, 1.165) is 17.7 Å². The van der Waals surface area contributed by atoms with Gasteiger partial charge in [0.2, 0.25) is 5.91 Å². The van der Waals surface area contributed by atoms with Crippen LogP contribution in [0.4, 0.5) is 18.9 Å². The van der Waals surface area contributed by atoms with E-state index in [-0.39, 0.29) is 12.3 Å². The Labute approximate surface area is 208 Å². The van der Waals surface area contributed by atoms with E-state index in [1.165, 1.54) is 24.3 Å². The third-order valence-electron chi connectivity index (χ3n) is 4.58. The van der Waals surface area contributed by atoms with E-state index in [0.29, 0.717) is 33.2 Å². The minimum atomic E-state index is -4.58. The van der Waals surface area contributed by atoms with Crippen molar-refractivity contribution in [3.63, 3.8) is 0 Å². The molecule has 0 spiro atoms. The van der Waals surface area contributed by atoms with E-state index >= 15 is 0 Å². The second-order valence-corrected chi connectivity index (χ2v) is 8.27. The van der Waals surface area contributed by atoms with Crippen molar-refractivity contribution in [2.75, 3.05) is 11.9 Å². The SMILES string of the molecule is CCOc1cc(/C=C/C(=O)Nc2ccccc2C(F)(F)F)cc(Br)c1OCc1ccccc1Cl. The number of amides is 1. The average molecular weight is 555 g/mol. The van der Waals surface area contributed by atoms with Gasteiger partial charge in [0, 0.05) is 16.7 Å². The lowest BCUT2D eigenvalue weighted by Gasteiger charge is -2.15. The number of hydrogen-bond donors (Lipinski definition) is 1. The average Bonchev–Trinajstić information content (AvgIpc) is 2.78. The lowest BCUT2D eigenvalue weighted by Crippen LogP contribution is -2.14. The highest BCUT2D eigenvalue weighted by atomic mass is 79.9. The number of rotatable bonds is 8. The number of anilines is 1. The van der Waals surface area contributed by atoms with Gasteiger partial charge < -0.3 is 14.8 Å². The highest BCUT2D eigenvalue weighted by Gasteiger charge is 2.33. The van der Waals surface area contributed by atoms with Gasteiger partial charge in [0.25, 0.3) is 0 Å².